The highest BCUT2D eigenvalue weighted by molar-refractivity contribution is 6.73. The molecule has 1 atom stereocenters. The van der Waals surface area contributed by atoms with Crippen molar-refractivity contribution in [3.63, 3.8) is 0 Å². The molecule has 0 amide bonds. The van der Waals surface area contributed by atoms with Gasteiger partial charge in [0.15, 0.2) is 0 Å². The molecule has 0 aliphatic carbocycles. The summed E-state index contributed by atoms with van der Waals surface area (Å²) in [5, 5.41) is 3.59. The van der Waals surface area contributed by atoms with Crippen LogP contribution >= 0.6 is 0 Å². The molecule has 0 fully saturated rings. The predicted octanol–water partition coefficient (Wildman–Crippen LogP) is 3.66. The van der Waals surface area contributed by atoms with Gasteiger partial charge in [-0.2, -0.15) is 0 Å². The van der Waals surface area contributed by atoms with E-state index in [4.69, 9.17) is 4.43 Å². The van der Waals surface area contributed by atoms with E-state index in [9.17, 15) is 0 Å². The molecule has 16 heavy (non-hydrogen) atoms. The summed E-state index contributed by atoms with van der Waals surface area (Å²) in [4.78, 5) is 0. The molecular weight excluding hydrogens is 214 g/mol. The summed E-state index contributed by atoms with van der Waals surface area (Å²) in [5.74, 6) is 0. The van der Waals surface area contributed by atoms with Gasteiger partial charge in [-0.3, -0.25) is 0 Å². The van der Waals surface area contributed by atoms with Gasteiger partial charge < -0.3 is 9.74 Å². The largest absolute Gasteiger partial charge is 0.416 e. The summed E-state index contributed by atoms with van der Waals surface area (Å²) in [6.45, 7) is 9.66. The SMILES string of the molecule is CCO[Si](C)(C)C(CC)Nc1ccccc1. The van der Waals surface area contributed by atoms with Crippen molar-refractivity contribution in [2.24, 2.45) is 0 Å². The van der Waals surface area contributed by atoms with Crippen LogP contribution in [0.4, 0.5) is 5.69 Å². The molecular formula is C13H23NOSi. The molecule has 0 saturated heterocycles. The predicted molar refractivity (Wildman–Crippen MR) is 73.3 cm³/mol. The average Bonchev–Trinajstić information content (AvgIpc) is 2.27. The maximum absolute atomic E-state index is 5.93. The van der Waals surface area contributed by atoms with E-state index in [-0.39, 0.29) is 0 Å². The van der Waals surface area contributed by atoms with Crippen LogP contribution in [-0.2, 0) is 4.43 Å². The lowest BCUT2D eigenvalue weighted by atomic mass is 10.3. The second-order valence-electron chi connectivity index (χ2n) is 4.51. The second-order valence-corrected chi connectivity index (χ2v) is 8.70. The highest BCUT2D eigenvalue weighted by Gasteiger charge is 2.31. The van der Waals surface area contributed by atoms with Crippen molar-refractivity contribution < 1.29 is 4.43 Å². The van der Waals surface area contributed by atoms with Crippen LogP contribution in [0.2, 0.25) is 13.1 Å². The number of hydrogen-bond acceptors (Lipinski definition) is 2. The van der Waals surface area contributed by atoms with E-state index in [1.54, 1.807) is 0 Å². The Balaban J connectivity index is 2.69. The summed E-state index contributed by atoms with van der Waals surface area (Å²) in [5.41, 5.74) is 1.66. The van der Waals surface area contributed by atoms with E-state index in [2.05, 4.69) is 56.5 Å². The van der Waals surface area contributed by atoms with Crippen LogP contribution in [-0.4, -0.2) is 20.6 Å². The van der Waals surface area contributed by atoms with Gasteiger partial charge >= 0.3 is 0 Å². The van der Waals surface area contributed by atoms with E-state index in [0.717, 1.165) is 13.0 Å². The number of nitrogens with one attached hydrogen (secondary N) is 1. The normalized spacial score (nSPS) is 13.5. The number of para-hydroxylation sites is 1. The molecule has 0 aromatic heterocycles. The van der Waals surface area contributed by atoms with Crippen LogP contribution in [0.5, 0.6) is 0 Å². The van der Waals surface area contributed by atoms with E-state index in [1.807, 2.05) is 6.07 Å². The fraction of sp³-hybridized carbons (Fsp3) is 0.538. The molecule has 0 spiro atoms. The van der Waals surface area contributed by atoms with Crippen LogP contribution in [0.1, 0.15) is 20.3 Å². The zero-order valence-electron chi connectivity index (χ0n) is 10.8. The molecule has 90 valence electrons. The van der Waals surface area contributed by atoms with Crippen molar-refractivity contribution in [3.8, 4) is 0 Å². The Kier molecular flexibility index (Phi) is 5.02. The lowest BCUT2D eigenvalue weighted by Crippen LogP contribution is -2.49. The maximum atomic E-state index is 5.93. The molecule has 0 aliphatic rings. The molecule has 0 saturated carbocycles. The van der Waals surface area contributed by atoms with E-state index >= 15 is 0 Å². The fourth-order valence-electron chi connectivity index (χ4n) is 1.98. The molecule has 2 nitrogen and oxygen atoms in total. The first-order valence-electron chi connectivity index (χ1n) is 6.05. The zero-order valence-corrected chi connectivity index (χ0v) is 11.8. The monoisotopic (exact) mass is 237 g/mol. The van der Waals surface area contributed by atoms with Gasteiger partial charge in [-0.05, 0) is 38.6 Å². The van der Waals surface area contributed by atoms with Crippen LogP contribution in [0.15, 0.2) is 30.3 Å². The first kappa shape index (κ1) is 13.3. The smallest absolute Gasteiger partial charge is 0.208 e. The third-order valence-corrected chi connectivity index (χ3v) is 6.14. The molecule has 1 rings (SSSR count). The number of rotatable bonds is 6. The quantitative estimate of drug-likeness (QED) is 0.762. The lowest BCUT2D eigenvalue weighted by molar-refractivity contribution is 0.322. The Labute approximate surface area is 100 Å². The number of hydrogen-bond donors (Lipinski definition) is 1. The minimum atomic E-state index is -1.63. The molecule has 3 heteroatoms. The summed E-state index contributed by atoms with van der Waals surface area (Å²) < 4.78 is 5.93. The van der Waals surface area contributed by atoms with E-state index in [1.165, 1.54) is 5.69 Å². The highest BCUT2D eigenvalue weighted by atomic mass is 28.4. The van der Waals surface area contributed by atoms with Crippen LogP contribution < -0.4 is 5.32 Å². The Bertz CT molecular complexity index is 300. The molecule has 1 aromatic rings. The van der Waals surface area contributed by atoms with Crippen molar-refractivity contribution in [2.45, 2.75) is 39.0 Å². The Morgan fingerprint density at radius 2 is 1.81 bits per heavy atom. The Morgan fingerprint density at radius 3 is 2.31 bits per heavy atom. The summed E-state index contributed by atoms with van der Waals surface area (Å²) >= 11 is 0. The van der Waals surface area contributed by atoms with Crippen molar-refractivity contribution in [1.29, 1.82) is 0 Å². The third-order valence-electron chi connectivity index (χ3n) is 2.88. The van der Waals surface area contributed by atoms with Gasteiger partial charge in [0, 0.05) is 18.0 Å². The maximum Gasteiger partial charge on any atom is 0.208 e. The first-order chi connectivity index (χ1) is 7.60. The second kappa shape index (κ2) is 6.06. The first-order valence-corrected chi connectivity index (χ1v) is 9.04. The Hall–Kier alpha value is -0.803. The van der Waals surface area contributed by atoms with Crippen molar-refractivity contribution in [2.75, 3.05) is 11.9 Å². The van der Waals surface area contributed by atoms with Gasteiger partial charge in [-0.25, -0.2) is 0 Å². The number of anilines is 1. The van der Waals surface area contributed by atoms with Crippen molar-refractivity contribution >= 4 is 14.0 Å². The van der Waals surface area contributed by atoms with E-state index in [0.29, 0.717) is 5.67 Å². The lowest BCUT2D eigenvalue weighted by Gasteiger charge is -2.32. The van der Waals surface area contributed by atoms with Crippen LogP contribution in [0.3, 0.4) is 0 Å². The fourth-order valence-corrected chi connectivity index (χ4v) is 4.42. The molecule has 0 bridgehead atoms. The Morgan fingerprint density at radius 1 is 1.19 bits per heavy atom. The molecule has 1 unspecified atom stereocenters. The summed E-state index contributed by atoms with van der Waals surface area (Å²) in [7, 11) is -1.63. The molecule has 0 radical (unpaired) electrons. The van der Waals surface area contributed by atoms with Gasteiger partial charge in [-0.1, -0.05) is 25.1 Å². The minimum absolute atomic E-state index is 0.467. The average molecular weight is 237 g/mol. The van der Waals surface area contributed by atoms with Crippen LogP contribution in [0.25, 0.3) is 0 Å². The minimum Gasteiger partial charge on any atom is -0.416 e. The number of benzene rings is 1. The molecule has 0 aliphatic heterocycles. The van der Waals surface area contributed by atoms with E-state index < -0.39 is 8.32 Å². The van der Waals surface area contributed by atoms with Crippen molar-refractivity contribution in [1.82, 2.24) is 0 Å². The summed E-state index contributed by atoms with van der Waals surface area (Å²) in [6.07, 6.45) is 1.11. The van der Waals surface area contributed by atoms with Gasteiger partial charge in [0.25, 0.3) is 0 Å². The standard InChI is InChI=1S/C13H23NOSi/c1-5-13(16(3,4)15-6-2)14-12-10-8-7-9-11-12/h7-11,13-14H,5-6H2,1-4H3. The highest BCUT2D eigenvalue weighted by Crippen LogP contribution is 2.18. The molecule has 1 N–H and O–H groups in total. The topological polar surface area (TPSA) is 21.3 Å². The molecule has 1 aromatic carbocycles. The molecule has 0 heterocycles. The van der Waals surface area contributed by atoms with Gasteiger partial charge in [0.2, 0.25) is 8.32 Å². The van der Waals surface area contributed by atoms with Crippen LogP contribution in [0, 0.1) is 0 Å². The third kappa shape index (κ3) is 3.65. The van der Waals surface area contributed by atoms with Gasteiger partial charge in [-0.15, -0.1) is 0 Å². The van der Waals surface area contributed by atoms with Crippen molar-refractivity contribution in [3.05, 3.63) is 30.3 Å². The summed E-state index contributed by atoms with van der Waals surface area (Å²) in [6, 6.07) is 10.4. The van der Waals surface area contributed by atoms with Gasteiger partial charge in [0.05, 0.1) is 0 Å². The van der Waals surface area contributed by atoms with Gasteiger partial charge in [0.1, 0.15) is 0 Å². The zero-order chi connectivity index (χ0) is 12.0.